The van der Waals surface area contributed by atoms with Gasteiger partial charge in [0, 0.05) is 13.1 Å². The average molecular weight is 333 g/mol. The molecule has 6 heteroatoms. The van der Waals surface area contributed by atoms with E-state index in [2.05, 4.69) is 16.0 Å². The Morgan fingerprint density at radius 1 is 1.04 bits per heavy atom. The third-order valence-electron chi connectivity index (χ3n) is 4.45. The third kappa shape index (κ3) is 5.15. The molecular formula is C18H27N3O3. The number of para-hydroxylation sites is 1. The average Bonchev–Trinajstić information content (AvgIpc) is 2.70. The van der Waals surface area contributed by atoms with Gasteiger partial charge in [-0.1, -0.05) is 44.6 Å². The van der Waals surface area contributed by atoms with Gasteiger partial charge in [0.25, 0.3) is 5.91 Å². The molecule has 2 rings (SSSR count). The molecule has 0 atom stereocenters. The molecule has 1 aromatic carbocycles. The molecule has 132 valence electrons. The van der Waals surface area contributed by atoms with Crippen LogP contribution in [0, 0.1) is 0 Å². The van der Waals surface area contributed by atoms with Crippen LogP contribution in [0.1, 0.15) is 61.7 Å². The summed E-state index contributed by atoms with van der Waals surface area (Å²) in [6.07, 6.45) is 9.16. The second-order valence-electron chi connectivity index (χ2n) is 6.27. The highest BCUT2D eigenvalue weighted by Gasteiger charge is 2.19. The van der Waals surface area contributed by atoms with E-state index >= 15 is 0 Å². The predicted molar refractivity (Wildman–Crippen MR) is 94.4 cm³/mol. The predicted octanol–water partition coefficient (Wildman–Crippen LogP) is 3.38. The van der Waals surface area contributed by atoms with Gasteiger partial charge in [0.05, 0.1) is 11.3 Å². The summed E-state index contributed by atoms with van der Waals surface area (Å²) < 4.78 is 0. The molecule has 1 fully saturated rings. The van der Waals surface area contributed by atoms with Gasteiger partial charge in [0.15, 0.2) is 5.75 Å². The number of nitrogens with one attached hydrogen (secondary N) is 3. The van der Waals surface area contributed by atoms with Gasteiger partial charge in [-0.05, 0) is 25.0 Å². The van der Waals surface area contributed by atoms with Crippen molar-refractivity contribution in [2.24, 2.45) is 0 Å². The van der Waals surface area contributed by atoms with Gasteiger partial charge in [-0.25, -0.2) is 4.79 Å². The van der Waals surface area contributed by atoms with E-state index in [0.29, 0.717) is 0 Å². The summed E-state index contributed by atoms with van der Waals surface area (Å²) in [5, 5.41) is 18.2. The summed E-state index contributed by atoms with van der Waals surface area (Å²) >= 11 is 0. The first kappa shape index (κ1) is 18.1. The number of phenolic OH excluding ortho intramolecular Hbond substituents is 1. The SMILES string of the molecule is CNC(=O)Nc1cccc(C(=O)NC2CCCCCCCC2)c1O. The smallest absolute Gasteiger partial charge is 0.319 e. The van der Waals surface area contributed by atoms with E-state index in [1.165, 1.54) is 32.7 Å². The molecule has 3 amide bonds. The van der Waals surface area contributed by atoms with Gasteiger partial charge in [-0.15, -0.1) is 0 Å². The second-order valence-corrected chi connectivity index (χ2v) is 6.27. The number of benzene rings is 1. The first-order valence-corrected chi connectivity index (χ1v) is 8.73. The number of amides is 3. The highest BCUT2D eigenvalue weighted by atomic mass is 16.3. The van der Waals surface area contributed by atoms with Crippen LogP contribution in [0.5, 0.6) is 5.75 Å². The number of hydrogen-bond donors (Lipinski definition) is 4. The fourth-order valence-corrected chi connectivity index (χ4v) is 3.05. The molecule has 0 saturated heterocycles. The highest BCUT2D eigenvalue weighted by Crippen LogP contribution is 2.28. The lowest BCUT2D eigenvalue weighted by Crippen LogP contribution is -2.35. The van der Waals surface area contributed by atoms with Crippen molar-refractivity contribution in [1.29, 1.82) is 0 Å². The molecular weight excluding hydrogens is 306 g/mol. The molecule has 6 nitrogen and oxygen atoms in total. The number of carbonyl (C=O) groups is 2. The maximum Gasteiger partial charge on any atom is 0.319 e. The van der Waals surface area contributed by atoms with Crippen molar-refractivity contribution in [3.63, 3.8) is 0 Å². The maximum atomic E-state index is 12.5. The van der Waals surface area contributed by atoms with Crippen LogP contribution in [0.2, 0.25) is 0 Å². The molecule has 1 aliphatic carbocycles. The third-order valence-corrected chi connectivity index (χ3v) is 4.45. The summed E-state index contributed by atoms with van der Waals surface area (Å²) in [4.78, 5) is 23.9. The van der Waals surface area contributed by atoms with E-state index in [-0.39, 0.29) is 28.9 Å². The fourth-order valence-electron chi connectivity index (χ4n) is 3.05. The van der Waals surface area contributed by atoms with E-state index in [0.717, 1.165) is 25.7 Å². The van der Waals surface area contributed by atoms with Gasteiger partial charge in [-0.3, -0.25) is 4.79 Å². The van der Waals surface area contributed by atoms with Crippen LogP contribution in [-0.4, -0.2) is 30.1 Å². The summed E-state index contributed by atoms with van der Waals surface area (Å²) in [5.41, 5.74) is 0.403. The number of rotatable bonds is 3. The van der Waals surface area contributed by atoms with Crippen molar-refractivity contribution < 1.29 is 14.7 Å². The Hall–Kier alpha value is -2.24. The number of hydrogen-bond acceptors (Lipinski definition) is 3. The molecule has 0 heterocycles. The number of aromatic hydroxyl groups is 1. The Morgan fingerprint density at radius 3 is 2.29 bits per heavy atom. The molecule has 1 aliphatic rings. The number of phenols is 1. The lowest BCUT2D eigenvalue weighted by Gasteiger charge is -2.19. The Morgan fingerprint density at radius 2 is 1.67 bits per heavy atom. The van der Waals surface area contributed by atoms with E-state index in [1.54, 1.807) is 18.2 Å². The Bertz CT molecular complexity index is 565. The molecule has 24 heavy (non-hydrogen) atoms. The fraction of sp³-hybridized carbons (Fsp3) is 0.556. The van der Waals surface area contributed by atoms with E-state index < -0.39 is 6.03 Å². The van der Waals surface area contributed by atoms with Crippen molar-refractivity contribution in [2.75, 3.05) is 12.4 Å². The molecule has 4 N–H and O–H groups in total. The van der Waals surface area contributed by atoms with Gasteiger partial charge < -0.3 is 21.1 Å². The lowest BCUT2D eigenvalue weighted by molar-refractivity contribution is 0.0929. The standard InChI is InChI=1S/C18H27N3O3/c1-19-18(24)21-15-12-8-11-14(16(15)22)17(23)20-13-9-6-4-2-3-5-7-10-13/h8,11-13,22H,2-7,9-10H2,1H3,(H,20,23)(H2,19,21,24). The van der Waals surface area contributed by atoms with Crippen LogP contribution in [0.25, 0.3) is 0 Å². The van der Waals surface area contributed by atoms with Crippen molar-refractivity contribution in [2.45, 2.75) is 57.4 Å². The minimum atomic E-state index is -0.445. The first-order valence-electron chi connectivity index (χ1n) is 8.73. The van der Waals surface area contributed by atoms with Crippen LogP contribution in [0.4, 0.5) is 10.5 Å². The summed E-state index contributed by atoms with van der Waals surface area (Å²) in [6, 6.07) is 4.46. The van der Waals surface area contributed by atoms with Gasteiger partial charge in [0.1, 0.15) is 0 Å². The number of urea groups is 1. The van der Waals surface area contributed by atoms with Crippen LogP contribution in [0.3, 0.4) is 0 Å². The van der Waals surface area contributed by atoms with Crippen molar-refractivity contribution >= 4 is 17.6 Å². The van der Waals surface area contributed by atoms with Crippen LogP contribution < -0.4 is 16.0 Å². The molecule has 0 spiro atoms. The minimum Gasteiger partial charge on any atom is -0.505 e. The zero-order chi connectivity index (χ0) is 17.4. The van der Waals surface area contributed by atoms with Crippen molar-refractivity contribution in [1.82, 2.24) is 10.6 Å². The normalized spacial score (nSPS) is 16.4. The first-order chi connectivity index (χ1) is 11.6. The van der Waals surface area contributed by atoms with Crippen molar-refractivity contribution in [3.8, 4) is 5.75 Å². The van der Waals surface area contributed by atoms with Gasteiger partial charge in [-0.2, -0.15) is 0 Å². The highest BCUT2D eigenvalue weighted by molar-refractivity contribution is 6.00. The van der Waals surface area contributed by atoms with Crippen LogP contribution in [0.15, 0.2) is 18.2 Å². The minimum absolute atomic E-state index is 0.144. The largest absolute Gasteiger partial charge is 0.505 e. The van der Waals surface area contributed by atoms with Gasteiger partial charge >= 0.3 is 6.03 Å². The molecule has 0 radical (unpaired) electrons. The molecule has 1 aromatic rings. The zero-order valence-corrected chi connectivity index (χ0v) is 14.2. The quantitative estimate of drug-likeness (QED) is 0.639. The Balaban J connectivity index is 2.05. The number of anilines is 1. The molecule has 0 bridgehead atoms. The second kappa shape index (κ2) is 9.15. The topological polar surface area (TPSA) is 90.5 Å². The van der Waals surface area contributed by atoms with Crippen molar-refractivity contribution in [3.05, 3.63) is 23.8 Å². The number of carbonyl (C=O) groups excluding carboxylic acids is 2. The molecule has 0 aromatic heterocycles. The van der Waals surface area contributed by atoms with Crippen LogP contribution in [-0.2, 0) is 0 Å². The van der Waals surface area contributed by atoms with E-state index in [1.807, 2.05) is 0 Å². The monoisotopic (exact) mass is 333 g/mol. The van der Waals surface area contributed by atoms with Gasteiger partial charge in [0.2, 0.25) is 0 Å². The molecule has 0 aliphatic heterocycles. The van der Waals surface area contributed by atoms with E-state index in [9.17, 15) is 14.7 Å². The Labute approximate surface area is 143 Å². The van der Waals surface area contributed by atoms with E-state index in [4.69, 9.17) is 0 Å². The lowest BCUT2D eigenvalue weighted by atomic mass is 10.0. The summed E-state index contributed by atoms with van der Waals surface area (Å²) in [6.45, 7) is 0. The summed E-state index contributed by atoms with van der Waals surface area (Å²) in [7, 11) is 1.49. The van der Waals surface area contributed by atoms with Crippen LogP contribution >= 0.6 is 0 Å². The summed E-state index contributed by atoms with van der Waals surface area (Å²) in [5.74, 6) is -0.501. The zero-order valence-electron chi connectivity index (χ0n) is 14.2. The molecule has 1 saturated carbocycles. The molecule has 0 unspecified atom stereocenters. The maximum absolute atomic E-state index is 12.5. The Kier molecular flexibility index (Phi) is 6.90.